The van der Waals surface area contributed by atoms with E-state index in [4.69, 9.17) is 6.42 Å². The zero-order valence-corrected chi connectivity index (χ0v) is 11.1. The summed E-state index contributed by atoms with van der Waals surface area (Å²) in [7, 11) is -3.24. The molecular weight excluding hydrogens is 288 g/mol. The molecule has 0 aliphatic carbocycles. The molecule has 0 aromatic heterocycles. The predicted molar refractivity (Wildman–Crippen MR) is 69.7 cm³/mol. The predicted octanol–water partition coefficient (Wildman–Crippen LogP) is 1.32. The monoisotopic (exact) mass is 299 g/mol. The number of anilines is 1. The van der Waals surface area contributed by atoms with Crippen LogP contribution in [0.2, 0.25) is 0 Å². The van der Waals surface area contributed by atoms with E-state index >= 15 is 0 Å². The Morgan fingerprint density at radius 2 is 1.95 bits per heavy atom. The summed E-state index contributed by atoms with van der Waals surface area (Å²) in [6.07, 6.45) is 5.18. The van der Waals surface area contributed by atoms with E-state index in [0.717, 1.165) is 12.1 Å². The first-order valence-electron chi connectivity index (χ1n) is 5.79. The Bertz CT molecular complexity index is 684. The number of carbonyl (C=O) groups is 1. The second kappa shape index (κ2) is 5.21. The molecule has 106 valence electrons. The van der Waals surface area contributed by atoms with Crippen LogP contribution in [0, 0.1) is 29.9 Å². The summed E-state index contributed by atoms with van der Waals surface area (Å²) in [4.78, 5) is 11.8. The summed E-state index contributed by atoms with van der Waals surface area (Å²) in [5, 5.41) is 2.09. The molecule has 2 rings (SSSR count). The van der Waals surface area contributed by atoms with Gasteiger partial charge in [-0.25, -0.2) is 17.2 Å². The van der Waals surface area contributed by atoms with E-state index in [1.165, 1.54) is 0 Å². The molecule has 20 heavy (non-hydrogen) atoms. The van der Waals surface area contributed by atoms with Crippen LogP contribution in [-0.4, -0.2) is 25.8 Å². The molecular formula is C13H11F2NO3S. The van der Waals surface area contributed by atoms with E-state index in [9.17, 15) is 22.0 Å². The van der Waals surface area contributed by atoms with Gasteiger partial charge in [-0.3, -0.25) is 4.79 Å². The molecule has 1 fully saturated rings. The number of nitrogens with one attached hydrogen (secondary N) is 1. The number of hydrogen-bond donors (Lipinski definition) is 1. The number of amides is 1. The van der Waals surface area contributed by atoms with E-state index < -0.39 is 39.0 Å². The summed E-state index contributed by atoms with van der Waals surface area (Å²) in [5.41, 5.74) is -0.597. The molecule has 1 heterocycles. The molecule has 4 nitrogen and oxygen atoms in total. The van der Waals surface area contributed by atoms with Crippen molar-refractivity contribution in [3.05, 3.63) is 29.3 Å². The lowest BCUT2D eigenvalue weighted by molar-refractivity contribution is -0.119. The molecule has 1 aromatic carbocycles. The number of carbonyl (C=O) groups excluding carboxylic acids is 1. The standard InChI is InChI=1S/C13H11F2NO3S/c1-2-8-5-10(14)12(11(15)6-8)16-13(17)9-3-4-20(18,19)7-9/h1,5-6,9H,3-4,7H2,(H,16,17)/t9-/m1/s1. The largest absolute Gasteiger partial charge is 0.321 e. The molecule has 0 saturated carbocycles. The van der Waals surface area contributed by atoms with Crippen LogP contribution < -0.4 is 5.32 Å². The quantitative estimate of drug-likeness (QED) is 0.838. The van der Waals surface area contributed by atoms with E-state index in [1.807, 2.05) is 0 Å². The maximum atomic E-state index is 13.6. The topological polar surface area (TPSA) is 63.2 Å². The maximum absolute atomic E-state index is 13.6. The SMILES string of the molecule is C#Cc1cc(F)c(NC(=O)[C@@H]2CCS(=O)(=O)C2)c(F)c1. The van der Waals surface area contributed by atoms with Crippen molar-refractivity contribution in [1.82, 2.24) is 0 Å². The first kappa shape index (κ1) is 14.5. The summed E-state index contributed by atoms with van der Waals surface area (Å²) in [6.45, 7) is 0. The molecule has 1 aliphatic rings. The first-order chi connectivity index (χ1) is 9.32. The summed E-state index contributed by atoms with van der Waals surface area (Å²) >= 11 is 0. The van der Waals surface area contributed by atoms with Crippen LogP contribution in [0.15, 0.2) is 12.1 Å². The summed E-state index contributed by atoms with van der Waals surface area (Å²) in [5.74, 6) is -1.79. The van der Waals surface area contributed by atoms with Gasteiger partial charge in [-0.1, -0.05) is 5.92 Å². The van der Waals surface area contributed by atoms with Gasteiger partial charge in [0.1, 0.15) is 5.69 Å². The van der Waals surface area contributed by atoms with Crippen LogP contribution in [0.5, 0.6) is 0 Å². The highest BCUT2D eigenvalue weighted by molar-refractivity contribution is 7.91. The Labute approximate surface area is 115 Å². The zero-order valence-electron chi connectivity index (χ0n) is 10.3. The van der Waals surface area contributed by atoms with Crippen LogP contribution in [0.3, 0.4) is 0 Å². The fraction of sp³-hybridized carbons (Fsp3) is 0.308. The Morgan fingerprint density at radius 1 is 1.35 bits per heavy atom. The van der Waals surface area contributed by atoms with Crippen molar-refractivity contribution in [1.29, 1.82) is 0 Å². The fourth-order valence-electron chi connectivity index (χ4n) is 2.00. The van der Waals surface area contributed by atoms with Crippen LogP contribution in [0.25, 0.3) is 0 Å². The average molecular weight is 299 g/mol. The number of halogens is 2. The highest BCUT2D eigenvalue weighted by atomic mass is 32.2. The number of terminal acetylenes is 1. The maximum Gasteiger partial charge on any atom is 0.228 e. The average Bonchev–Trinajstić information content (AvgIpc) is 2.73. The van der Waals surface area contributed by atoms with E-state index in [2.05, 4.69) is 11.2 Å². The van der Waals surface area contributed by atoms with Gasteiger partial charge < -0.3 is 5.32 Å². The minimum absolute atomic E-state index is 0.0152. The third-order valence-electron chi connectivity index (χ3n) is 3.06. The van der Waals surface area contributed by atoms with E-state index in [1.54, 1.807) is 0 Å². The van der Waals surface area contributed by atoms with Crippen molar-refractivity contribution in [2.24, 2.45) is 5.92 Å². The van der Waals surface area contributed by atoms with Gasteiger partial charge in [0, 0.05) is 5.56 Å². The number of rotatable bonds is 2. The van der Waals surface area contributed by atoms with Crippen molar-refractivity contribution in [3.8, 4) is 12.3 Å². The van der Waals surface area contributed by atoms with Gasteiger partial charge in [-0.15, -0.1) is 6.42 Å². The fourth-order valence-corrected chi connectivity index (χ4v) is 3.74. The molecule has 1 aliphatic heterocycles. The van der Waals surface area contributed by atoms with Gasteiger partial charge in [0.15, 0.2) is 21.5 Å². The van der Waals surface area contributed by atoms with Crippen LogP contribution >= 0.6 is 0 Å². The molecule has 1 aromatic rings. The number of sulfone groups is 1. The zero-order chi connectivity index (χ0) is 14.9. The van der Waals surface area contributed by atoms with Crippen LogP contribution in [0.1, 0.15) is 12.0 Å². The number of benzene rings is 1. The van der Waals surface area contributed by atoms with Crippen molar-refractivity contribution < 1.29 is 22.0 Å². The molecule has 0 unspecified atom stereocenters. The molecule has 1 saturated heterocycles. The van der Waals surface area contributed by atoms with Gasteiger partial charge in [0.25, 0.3) is 0 Å². The highest BCUT2D eigenvalue weighted by Crippen LogP contribution is 2.24. The van der Waals surface area contributed by atoms with Crippen molar-refractivity contribution in [3.63, 3.8) is 0 Å². The van der Waals surface area contributed by atoms with Gasteiger partial charge in [0.2, 0.25) is 5.91 Å². The second-order valence-corrected chi connectivity index (χ2v) is 6.78. The van der Waals surface area contributed by atoms with Crippen molar-refractivity contribution in [2.45, 2.75) is 6.42 Å². The lowest BCUT2D eigenvalue weighted by Crippen LogP contribution is -2.24. The molecule has 0 spiro atoms. The van der Waals surface area contributed by atoms with Crippen LogP contribution in [-0.2, 0) is 14.6 Å². The smallest absolute Gasteiger partial charge is 0.228 e. The normalized spacial score (nSPS) is 20.4. The second-order valence-electron chi connectivity index (χ2n) is 4.55. The Kier molecular flexibility index (Phi) is 3.77. The van der Waals surface area contributed by atoms with Gasteiger partial charge in [-0.2, -0.15) is 0 Å². The molecule has 0 radical (unpaired) electrons. The summed E-state index contributed by atoms with van der Waals surface area (Å²) in [6, 6.07) is 1.84. The van der Waals surface area contributed by atoms with Gasteiger partial charge >= 0.3 is 0 Å². The minimum atomic E-state index is -3.24. The van der Waals surface area contributed by atoms with E-state index in [-0.39, 0.29) is 23.5 Å². The molecule has 1 atom stereocenters. The van der Waals surface area contributed by atoms with Gasteiger partial charge in [-0.05, 0) is 18.6 Å². The van der Waals surface area contributed by atoms with E-state index in [0.29, 0.717) is 0 Å². The van der Waals surface area contributed by atoms with Crippen molar-refractivity contribution >= 4 is 21.4 Å². The molecule has 1 N–H and O–H groups in total. The first-order valence-corrected chi connectivity index (χ1v) is 7.61. The number of hydrogen-bond acceptors (Lipinski definition) is 3. The molecule has 1 amide bonds. The third kappa shape index (κ3) is 2.96. The van der Waals surface area contributed by atoms with Crippen molar-refractivity contribution in [2.75, 3.05) is 16.8 Å². The minimum Gasteiger partial charge on any atom is -0.321 e. The molecule has 7 heteroatoms. The highest BCUT2D eigenvalue weighted by Gasteiger charge is 2.33. The lowest BCUT2D eigenvalue weighted by atomic mass is 10.1. The Balaban J connectivity index is 2.19. The van der Waals surface area contributed by atoms with Crippen LogP contribution in [0.4, 0.5) is 14.5 Å². The Morgan fingerprint density at radius 3 is 2.40 bits per heavy atom. The lowest BCUT2D eigenvalue weighted by Gasteiger charge is -2.11. The third-order valence-corrected chi connectivity index (χ3v) is 4.83. The molecule has 0 bridgehead atoms. The Hall–Kier alpha value is -1.94. The summed E-state index contributed by atoms with van der Waals surface area (Å²) < 4.78 is 49.8. The van der Waals surface area contributed by atoms with Gasteiger partial charge in [0.05, 0.1) is 17.4 Å².